The summed E-state index contributed by atoms with van der Waals surface area (Å²) in [4.78, 5) is 34.5. The fourth-order valence-corrected chi connectivity index (χ4v) is 4.59. The molecule has 27 heavy (non-hydrogen) atoms. The molecular weight excluding hydrogens is 338 g/mol. The van der Waals surface area contributed by atoms with Crippen molar-refractivity contribution in [2.75, 3.05) is 19.6 Å². The molecule has 3 aliphatic rings. The Morgan fingerprint density at radius 3 is 2.41 bits per heavy atom. The molecular formula is C22H31N3O2. The lowest BCUT2D eigenvalue weighted by Gasteiger charge is -2.35. The van der Waals surface area contributed by atoms with Gasteiger partial charge in [-0.15, -0.1) is 0 Å². The minimum absolute atomic E-state index is 0.140. The minimum Gasteiger partial charge on any atom is -0.342 e. The summed E-state index contributed by atoms with van der Waals surface area (Å²) in [7, 11) is 0. The Bertz CT molecular complexity index is 720. The number of amides is 2. The zero-order valence-corrected chi connectivity index (χ0v) is 16.6. The number of aromatic nitrogens is 1. The lowest BCUT2D eigenvalue weighted by Crippen LogP contribution is -2.43. The van der Waals surface area contributed by atoms with Crippen molar-refractivity contribution in [3.05, 3.63) is 29.1 Å². The van der Waals surface area contributed by atoms with Gasteiger partial charge in [0, 0.05) is 43.2 Å². The third-order valence-electron chi connectivity index (χ3n) is 6.48. The van der Waals surface area contributed by atoms with Crippen molar-refractivity contribution < 1.29 is 9.59 Å². The van der Waals surface area contributed by atoms with E-state index in [1.165, 1.54) is 6.42 Å². The number of carbonyl (C=O) groups excluding carboxylic acids is 2. The van der Waals surface area contributed by atoms with Crippen molar-refractivity contribution in [3.63, 3.8) is 0 Å². The normalized spacial score (nSPS) is 24.1. The Balaban J connectivity index is 1.51. The van der Waals surface area contributed by atoms with E-state index in [2.05, 4.69) is 6.92 Å². The molecule has 2 amide bonds. The predicted octanol–water partition coefficient (Wildman–Crippen LogP) is 3.52. The zero-order valence-electron chi connectivity index (χ0n) is 16.6. The van der Waals surface area contributed by atoms with Crippen molar-refractivity contribution in [1.82, 2.24) is 14.8 Å². The van der Waals surface area contributed by atoms with Crippen molar-refractivity contribution >= 4 is 11.8 Å². The molecule has 0 N–H and O–H groups in total. The first-order valence-corrected chi connectivity index (χ1v) is 10.6. The number of hydrogen-bond acceptors (Lipinski definition) is 3. The van der Waals surface area contributed by atoms with Crippen LogP contribution in [0.15, 0.2) is 12.1 Å². The Hall–Kier alpha value is -1.91. The van der Waals surface area contributed by atoms with E-state index in [-0.39, 0.29) is 17.7 Å². The Morgan fingerprint density at radius 2 is 1.74 bits per heavy atom. The summed E-state index contributed by atoms with van der Waals surface area (Å²) in [6.45, 7) is 6.59. The van der Waals surface area contributed by atoms with Gasteiger partial charge in [-0.25, -0.2) is 0 Å². The zero-order chi connectivity index (χ0) is 19.0. The van der Waals surface area contributed by atoms with E-state index in [0.29, 0.717) is 11.9 Å². The molecule has 1 atom stereocenters. The van der Waals surface area contributed by atoms with Crippen LogP contribution >= 0.6 is 0 Å². The van der Waals surface area contributed by atoms with Crippen LogP contribution in [-0.2, 0) is 4.79 Å². The quantitative estimate of drug-likeness (QED) is 0.819. The van der Waals surface area contributed by atoms with E-state index in [0.717, 1.165) is 75.1 Å². The summed E-state index contributed by atoms with van der Waals surface area (Å²) >= 11 is 0. The summed E-state index contributed by atoms with van der Waals surface area (Å²) in [6, 6.07) is 4.23. The van der Waals surface area contributed by atoms with Crippen LogP contribution in [0.3, 0.4) is 0 Å². The summed E-state index contributed by atoms with van der Waals surface area (Å²) < 4.78 is 0. The van der Waals surface area contributed by atoms with Crippen LogP contribution in [0.5, 0.6) is 0 Å². The van der Waals surface area contributed by atoms with E-state index in [4.69, 9.17) is 4.98 Å². The summed E-state index contributed by atoms with van der Waals surface area (Å²) in [5, 5.41) is 0. The Labute approximate surface area is 162 Å². The maximum Gasteiger partial charge on any atom is 0.255 e. The van der Waals surface area contributed by atoms with Gasteiger partial charge in [-0.3, -0.25) is 14.6 Å². The van der Waals surface area contributed by atoms with Gasteiger partial charge in [0.05, 0.1) is 11.3 Å². The average Bonchev–Trinajstić information content (AvgIpc) is 3.53. The number of nitrogens with zero attached hydrogens (tertiary/aromatic N) is 3. The summed E-state index contributed by atoms with van der Waals surface area (Å²) in [5.74, 6) is 1.04. The lowest BCUT2D eigenvalue weighted by molar-refractivity contribution is -0.133. The van der Waals surface area contributed by atoms with Crippen LogP contribution < -0.4 is 0 Å². The predicted molar refractivity (Wildman–Crippen MR) is 105 cm³/mol. The molecule has 1 aromatic rings. The van der Waals surface area contributed by atoms with Crippen LogP contribution in [0.4, 0.5) is 0 Å². The van der Waals surface area contributed by atoms with Gasteiger partial charge in [0.15, 0.2) is 0 Å². The fourth-order valence-electron chi connectivity index (χ4n) is 4.59. The molecule has 5 nitrogen and oxygen atoms in total. The first-order chi connectivity index (χ1) is 13.0. The molecule has 4 rings (SSSR count). The third-order valence-corrected chi connectivity index (χ3v) is 6.48. The summed E-state index contributed by atoms with van der Waals surface area (Å²) in [5.41, 5.74) is 2.70. The highest BCUT2D eigenvalue weighted by atomic mass is 16.2. The Kier molecular flexibility index (Phi) is 5.20. The molecule has 3 fully saturated rings. The van der Waals surface area contributed by atoms with Gasteiger partial charge in [-0.2, -0.15) is 0 Å². The van der Waals surface area contributed by atoms with Crippen LogP contribution in [-0.4, -0.2) is 52.3 Å². The molecule has 2 aliphatic heterocycles. The molecule has 3 heterocycles. The molecule has 0 spiro atoms. The molecule has 0 unspecified atom stereocenters. The van der Waals surface area contributed by atoms with Crippen molar-refractivity contribution in [2.45, 2.75) is 70.8 Å². The molecule has 5 heteroatoms. The molecule has 0 aromatic carbocycles. The SMILES string of the molecule is Cc1ccc(C(=O)N2CCCC[C@@H]2C)c(C2CCN(C(=O)C3CC3)CC2)n1. The second-order valence-corrected chi connectivity index (χ2v) is 8.60. The van der Waals surface area contributed by atoms with E-state index >= 15 is 0 Å². The minimum atomic E-state index is 0.140. The van der Waals surface area contributed by atoms with Crippen LogP contribution in [0, 0.1) is 12.8 Å². The Morgan fingerprint density at radius 1 is 1.00 bits per heavy atom. The summed E-state index contributed by atoms with van der Waals surface area (Å²) in [6.07, 6.45) is 7.32. The van der Waals surface area contributed by atoms with Crippen LogP contribution in [0.25, 0.3) is 0 Å². The van der Waals surface area contributed by atoms with Gasteiger partial charge < -0.3 is 9.80 Å². The van der Waals surface area contributed by atoms with Crippen molar-refractivity contribution in [1.29, 1.82) is 0 Å². The van der Waals surface area contributed by atoms with Gasteiger partial charge in [-0.1, -0.05) is 0 Å². The second kappa shape index (κ2) is 7.61. The molecule has 0 bridgehead atoms. The standard InChI is InChI=1S/C22H31N3O2/c1-15-6-9-19(22(27)25-12-4-3-5-16(25)2)20(23-15)17-10-13-24(14-11-17)21(26)18-7-8-18/h6,9,16-18H,3-5,7-8,10-14H2,1-2H3/t16-/m0/s1. The largest absolute Gasteiger partial charge is 0.342 e. The number of likely N-dealkylation sites (tertiary alicyclic amines) is 2. The average molecular weight is 370 g/mol. The number of carbonyl (C=O) groups is 2. The first kappa shape index (κ1) is 18.5. The third kappa shape index (κ3) is 3.87. The monoisotopic (exact) mass is 369 g/mol. The van der Waals surface area contributed by atoms with Crippen LogP contribution in [0.2, 0.25) is 0 Å². The lowest BCUT2D eigenvalue weighted by atomic mass is 9.89. The number of hydrogen-bond donors (Lipinski definition) is 0. The first-order valence-electron chi connectivity index (χ1n) is 10.6. The number of rotatable bonds is 3. The molecule has 146 valence electrons. The van der Waals surface area contributed by atoms with Crippen molar-refractivity contribution in [2.24, 2.45) is 5.92 Å². The van der Waals surface area contributed by atoms with Gasteiger partial charge in [0.25, 0.3) is 5.91 Å². The maximum absolute atomic E-state index is 13.3. The maximum atomic E-state index is 13.3. The molecule has 1 aliphatic carbocycles. The van der Waals surface area contributed by atoms with E-state index in [9.17, 15) is 9.59 Å². The smallest absolute Gasteiger partial charge is 0.255 e. The molecule has 1 saturated carbocycles. The topological polar surface area (TPSA) is 53.5 Å². The fraction of sp³-hybridized carbons (Fsp3) is 0.682. The van der Waals surface area contributed by atoms with Gasteiger partial charge in [0.1, 0.15) is 0 Å². The van der Waals surface area contributed by atoms with Crippen LogP contribution in [0.1, 0.15) is 79.5 Å². The second-order valence-electron chi connectivity index (χ2n) is 8.60. The van der Waals surface area contributed by atoms with Gasteiger partial charge >= 0.3 is 0 Å². The number of pyridine rings is 1. The van der Waals surface area contributed by atoms with Gasteiger partial charge in [0.2, 0.25) is 5.91 Å². The highest BCUT2D eigenvalue weighted by molar-refractivity contribution is 5.95. The highest BCUT2D eigenvalue weighted by Gasteiger charge is 2.36. The number of piperidine rings is 2. The number of aryl methyl sites for hydroxylation is 1. The van der Waals surface area contributed by atoms with E-state index in [1.54, 1.807) is 0 Å². The molecule has 2 saturated heterocycles. The molecule has 1 aromatic heterocycles. The van der Waals surface area contributed by atoms with Crippen molar-refractivity contribution in [3.8, 4) is 0 Å². The van der Waals surface area contributed by atoms with E-state index in [1.807, 2.05) is 28.9 Å². The van der Waals surface area contributed by atoms with Gasteiger partial charge in [-0.05, 0) is 70.9 Å². The highest BCUT2D eigenvalue weighted by Crippen LogP contribution is 2.35. The molecule has 0 radical (unpaired) electrons. The van der Waals surface area contributed by atoms with E-state index < -0.39 is 0 Å².